The molecule has 73 valence electrons. The van der Waals surface area contributed by atoms with Gasteiger partial charge in [0, 0.05) is 0 Å². The number of hydrogen-bond acceptors (Lipinski definition) is 0. The molecule has 0 saturated heterocycles. The smallest absolute Gasteiger partial charge is 0.0354 e. The first-order valence-electron chi connectivity index (χ1n) is 5.41. The van der Waals surface area contributed by atoms with Gasteiger partial charge in [-0.05, 0) is 18.3 Å². The van der Waals surface area contributed by atoms with Crippen molar-refractivity contribution in [2.45, 2.75) is 65.7 Å². The number of rotatable bonds is 7. The van der Waals surface area contributed by atoms with Crippen molar-refractivity contribution in [1.82, 2.24) is 0 Å². The van der Waals surface area contributed by atoms with Crippen LogP contribution in [-0.4, -0.2) is 0 Å². The van der Waals surface area contributed by atoms with Crippen molar-refractivity contribution in [2.24, 2.45) is 5.41 Å². The molecule has 1 radical (unpaired) electrons. The van der Waals surface area contributed by atoms with Crippen LogP contribution in [-0.2, 0) is 0 Å². The van der Waals surface area contributed by atoms with E-state index in [1.165, 1.54) is 38.5 Å². The molecule has 0 aliphatic heterocycles. The first-order valence-corrected chi connectivity index (χ1v) is 5.41. The van der Waals surface area contributed by atoms with E-state index in [0.717, 1.165) is 6.42 Å². The minimum absolute atomic E-state index is 0.575. The second kappa shape index (κ2) is 6.51. The molecule has 0 rings (SSSR count). The lowest BCUT2D eigenvalue weighted by molar-refractivity contribution is 0.287. The van der Waals surface area contributed by atoms with E-state index in [4.69, 9.17) is 0 Å². The molecule has 0 heterocycles. The topological polar surface area (TPSA) is 0 Å². The fourth-order valence-electron chi connectivity index (χ4n) is 1.56. The Morgan fingerprint density at radius 3 is 2.08 bits per heavy atom. The van der Waals surface area contributed by atoms with E-state index in [2.05, 4.69) is 27.7 Å². The summed E-state index contributed by atoms with van der Waals surface area (Å²) in [5, 5.41) is 0. The van der Waals surface area contributed by atoms with Gasteiger partial charge in [-0.3, -0.25) is 0 Å². The summed E-state index contributed by atoms with van der Waals surface area (Å²) in [7, 11) is 0. The van der Waals surface area contributed by atoms with Crippen LogP contribution in [0.5, 0.6) is 0 Å². The molecule has 0 saturated carbocycles. The van der Waals surface area contributed by atoms with E-state index in [0.29, 0.717) is 5.41 Å². The van der Waals surface area contributed by atoms with Gasteiger partial charge in [-0.1, -0.05) is 59.8 Å². The van der Waals surface area contributed by atoms with Crippen molar-refractivity contribution in [1.29, 1.82) is 0 Å². The molecule has 0 aromatic carbocycles. The van der Waals surface area contributed by atoms with Crippen LogP contribution in [0.4, 0.5) is 0 Å². The van der Waals surface area contributed by atoms with Gasteiger partial charge in [-0.25, -0.2) is 0 Å². The first-order chi connectivity index (χ1) is 5.62. The fourth-order valence-corrected chi connectivity index (χ4v) is 1.56. The Kier molecular flexibility index (Phi) is 6.51. The zero-order valence-electron chi connectivity index (χ0n) is 9.16. The molecule has 0 spiro atoms. The Labute approximate surface area is 78.8 Å². The van der Waals surface area contributed by atoms with Gasteiger partial charge in [0.1, 0.15) is 0 Å². The highest BCUT2D eigenvalue weighted by molar-refractivity contribution is 4.68. The summed E-state index contributed by atoms with van der Waals surface area (Å²) in [5.41, 5.74) is 0.575. The molecule has 0 amide bonds. The predicted molar refractivity (Wildman–Crippen MR) is 57.1 cm³/mol. The summed E-state index contributed by atoms with van der Waals surface area (Å²) in [6.45, 7) is 10.9. The molecule has 0 heteroatoms. The molecule has 0 fully saturated rings. The molecule has 0 aromatic rings. The molecule has 0 bridgehead atoms. The van der Waals surface area contributed by atoms with Crippen LogP contribution in [0, 0.1) is 12.3 Å². The van der Waals surface area contributed by atoms with E-state index in [9.17, 15) is 0 Å². The molecule has 0 unspecified atom stereocenters. The normalized spacial score (nSPS) is 12.0. The maximum absolute atomic E-state index is 3.87. The van der Waals surface area contributed by atoms with E-state index in [-0.39, 0.29) is 0 Å². The molecule has 12 heavy (non-hydrogen) atoms. The Morgan fingerprint density at radius 1 is 1.00 bits per heavy atom. The summed E-state index contributed by atoms with van der Waals surface area (Å²) in [5.74, 6) is 0. The third kappa shape index (κ3) is 6.69. The first kappa shape index (κ1) is 12.0. The highest BCUT2D eigenvalue weighted by Crippen LogP contribution is 2.29. The highest BCUT2D eigenvalue weighted by Gasteiger charge is 2.15. The van der Waals surface area contributed by atoms with Gasteiger partial charge in [-0.15, -0.1) is 0 Å². The maximum Gasteiger partial charge on any atom is -0.0354 e. The van der Waals surface area contributed by atoms with E-state index < -0.39 is 0 Å². The lowest BCUT2D eigenvalue weighted by atomic mass is 9.82. The van der Waals surface area contributed by atoms with Crippen molar-refractivity contribution in [2.75, 3.05) is 0 Å². The van der Waals surface area contributed by atoms with Gasteiger partial charge in [0.2, 0.25) is 0 Å². The molecule has 0 aliphatic carbocycles. The lowest BCUT2D eigenvalue weighted by Crippen LogP contribution is -2.10. The molecule has 0 aromatic heterocycles. The molecule has 0 nitrogen and oxygen atoms in total. The van der Waals surface area contributed by atoms with E-state index in [1.807, 2.05) is 0 Å². The lowest BCUT2D eigenvalue weighted by Gasteiger charge is -2.24. The summed E-state index contributed by atoms with van der Waals surface area (Å²) < 4.78 is 0. The largest absolute Gasteiger partial charge is 0.0654 e. The van der Waals surface area contributed by atoms with Gasteiger partial charge < -0.3 is 0 Å². The van der Waals surface area contributed by atoms with Crippen molar-refractivity contribution in [3.05, 3.63) is 6.92 Å². The van der Waals surface area contributed by atoms with Gasteiger partial charge in [0.05, 0.1) is 0 Å². The van der Waals surface area contributed by atoms with Crippen LogP contribution in [0.1, 0.15) is 65.7 Å². The van der Waals surface area contributed by atoms with Gasteiger partial charge in [0.15, 0.2) is 0 Å². The minimum atomic E-state index is 0.575. The van der Waals surface area contributed by atoms with Crippen molar-refractivity contribution < 1.29 is 0 Å². The molecule has 0 N–H and O–H groups in total. The zero-order valence-corrected chi connectivity index (χ0v) is 9.16. The van der Waals surface area contributed by atoms with Crippen molar-refractivity contribution >= 4 is 0 Å². The van der Waals surface area contributed by atoms with Crippen LogP contribution < -0.4 is 0 Å². The summed E-state index contributed by atoms with van der Waals surface area (Å²) in [6.07, 6.45) is 9.25. The Hall–Kier alpha value is 0. The fraction of sp³-hybridized carbons (Fsp3) is 0.917. The highest BCUT2D eigenvalue weighted by atomic mass is 14.2. The summed E-state index contributed by atoms with van der Waals surface area (Å²) >= 11 is 0. The maximum atomic E-state index is 3.87. The van der Waals surface area contributed by atoms with Crippen LogP contribution in [0.15, 0.2) is 0 Å². The van der Waals surface area contributed by atoms with Gasteiger partial charge >= 0.3 is 0 Å². The monoisotopic (exact) mass is 169 g/mol. The third-order valence-corrected chi connectivity index (χ3v) is 2.56. The SMILES string of the molecule is [CH2]CCCCC(C)(C)CCCC. The van der Waals surface area contributed by atoms with Crippen LogP contribution in [0.3, 0.4) is 0 Å². The minimum Gasteiger partial charge on any atom is -0.0654 e. The summed E-state index contributed by atoms with van der Waals surface area (Å²) in [4.78, 5) is 0. The number of hydrogen-bond donors (Lipinski definition) is 0. The zero-order chi connectivity index (χ0) is 9.45. The predicted octanol–water partition coefficient (Wildman–Crippen LogP) is 4.60. The average molecular weight is 169 g/mol. The molecular formula is C12H25. The third-order valence-electron chi connectivity index (χ3n) is 2.56. The van der Waals surface area contributed by atoms with E-state index >= 15 is 0 Å². The van der Waals surface area contributed by atoms with Gasteiger partial charge in [0.25, 0.3) is 0 Å². The Bertz CT molecular complexity index is 92.2. The number of unbranched alkanes of at least 4 members (excludes halogenated alkanes) is 3. The molecule has 0 atom stereocenters. The van der Waals surface area contributed by atoms with Crippen LogP contribution in [0.2, 0.25) is 0 Å². The van der Waals surface area contributed by atoms with Crippen molar-refractivity contribution in [3.8, 4) is 0 Å². The standard InChI is InChI=1S/C12H25/c1-5-7-9-11-12(3,4)10-8-6-2/h1,5-11H2,2-4H3. The van der Waals surface area contributed by atoms with Crippen LogP contribution >= 0.6 is 0 Å². The second-order valence-electron chi connectivity index (χ2n) is 4.58. The van der Waals surface area contributed by atoms with Crippen molar-refractivity contribution in [3.63, 3.8) is 0 Å². The second-order valence-corrected chi connectivity index (χ2v) is 4.58. The van der Waals surface area contributed by atoms with Gasteiger partial charge in [-0.2, -0.15) is 0 Å². The Balaban J connectivity index is 3.42. The van der Waals surface area contributed by atoms with Crippen LogP contribution in [0.25, 0.3) is 0 Å². The average Bonchev–Trinajstić information content (AvgIpc) is 2.01. The summed E-state index contributed by atoms with van der Waals surface area (Å²) in [6, 6.07) is 0. The molecular weight excluding hydrogens is 144 g/mol. The van der Waals surface area contributed by atoms with E-state index in [1.54, 1.807) is 0 Å². The quantitative estimate of drug-likeness (QED) is 0.489. The molecule has 0 aliphatic rings. The Morgan fingerprint density at radius 2 is 1.58 bits per heavy atom.